The number of hydrogen-bond acceptors (Lipinski definition) is 4. The minimum absolute atomic E-state index is 0.00505. The summed E-state index contributed by atoms with van der Waals surface area (Å²) in [5.74, 6) is -0.0655. The largest absolute Gasteiger partial charge is 0.484 e. The first-order valence-corrected chi connectivity index (χ1v) is 6.61. The van der Waals surface area contributed by atoms with E-state index in [-0.39, 0.29) is 24.5 Å². The summed E-state index contributed by atoms with van der Waals surface area (Å²) in [4.78, 5) is 22.8. The Labute approximate surface area is 117 Å². The van der Waals surface area contributed by atoms with Crippen molar-refractivity contribution < 1.29 is 14.3 Å². The first kappa shape index (κ1) is 14.3. The maximum atomic E-state index is 12.1. The van der Waals surface area contributed by atoms with Gasteiger partial charge in [0.05, 0.1) is 5.92 Å². The van der Waals surface area contributed by atoms with Gasteiger partial charge in [-0.1, -0.05) is 6.07 Å². The number of carbonyl (C=O) groups is 2. The molecule has 1 heterocycles. The topological polar surface area (TPSA) is 93.4 Å². The van der Waals surface area contributed by atoms with Crippen molar-refractivity contribution >= 4 is 17.5 Å². The monoisotopic (exact) mass is 277 g/mol. The molecular formula is C14H19N3O3. The highest BCUT2D eigenvalue weighted by Gasteiger charge is 2.29. The van der Waals surface area contributed by atoms with Crippen molar-refractivity contribution in [3.05, 3.63) is 24.3 Å². The molecule has 6 heteroatoms. The number of benzene rings is 1. The molecule has 1 aromatic rings. The second-order valence-electron chi connectivity index (χ2n) is 4.91. The summed E-state index contributed by atoms with van der Waals surface area (Å²) in [7, 11) is 0. The molecule has 0 aliphatic carbocycles. The molecule has 1 fully saturated rings. The predicted molar refractivity (Wildman–Crippen MR) is 75.3 cm³/mol. The quantitative estimate of drug-likeness (QED) is 0.730. The first-order chi connectivity index (χ1) is 9.56. The molecule has 2 amide bonds. The van der Waals surface area contributed by atoms with Gasteiger partial charge in [-0.25, -0.2) is 0 Å². The normalized spacial score (nSPS) is 21.4. The van der Waals surface area contributed by atoms with E-state index in [0.717, 1.165) is 13.0 Å². The molecule has 1 aliphatic heterocycles. The second-order valence-corrected chi connectivity index (χ2v) is 4.91. The van der Waals surface area contributed by atoms with E-state index >= 15 is 0 Å². The Kier molecular flexibility index (Phi) is 4.57. The molecule has 0 bridgehead atoms. The molecule has 108 valence electrons. The molecular weight excluding hydrogens is 258 g/mol. The highest BCUT2D eigenvalue weighted by Crippen LogP contribution is 2.21. The summed E-state index contributed by atoms with van der Waals surface area (Å²) < 4.78 is 5.20. The highest BCUT2D eigenvalue weighted by atomic mass is 16.5. The van der Waals surface area contributed by atoms with Gasteiger partial charge in [-0.3, -0.25) is 9.59 Å². The number of nitrogens with one attached hydrogen (secondary N) is 2. The minimum Gasteiger partial charge on any atom is -0.484 e. The molecule has 1 saturated heterocycles. The SMILES string of the molecule is CC1NCCC1C(=O)Nc1cccc(OCC(N)=O)c1. The van der Waals surface area contributed by atoms with Gasteiger partial charge in [0.2, 0.25) is 5.91 Å². The van der Waals surface area contributed by atoms with Crippen LogP contribution in [0.25, 0.3) is 0 Å². The van der Waals surface area contributed by atoms with E-state index in [2.05, 4.69) is 10.6 Å². The second kappa shape index (κ2) is 6.38. The zero-order valence-electron chi connectivity index (χ0n) is 11.4. The van der Waals surface area contributed by atoms with Crippen LogP contribution in [-0.2, 0) is 9.59 Å². The Balaban J connectivity index is 1.96. The van der Waals surface area contributed by atoms with Crippen LogP contribution in [0.2, 0.25) is 0 Å². The Morgan fingerprint density at radius 1 is 1.50 bits per heavy atom. The Morgan fingerprint density at radius 2 is 2.30 bits per heavy atom. The predicted octanol–water partition coefficient (Wildman–Crippen LogP) is 0.487. The van der Waals surface area contributed by atoms with Crippen LogP contribution < -0.4 is 21.1 Å². The fraction of sp³-hybridized carbons (Fsp3) is 0.429. The van der Waals surface area contributed by atoms with Crippen molar-refractivity contribution in [3.63, 3.8) is 0 Å². The van der Waals surface area contributed by atoms with E-state index in [1.807, 2.05) is 6.92 Å². The van der Waals surface area contributed by atoms with Gasteiger partial charge >= 0.3 is 0 Å². The van der Waals surface area contributed by atoms with Crippen molar-refractivity contribution in [1.82, 2.24) is 5.32 Å². The van der Waals surface area contributed by atoms with Crippen molar-refractivity contribution in [2.45, 2.75) is 19.4 Å². The number of carbonyl (C=O) groups excluding carboxylic acids is 2. The van der Waals surface area contributed by atoms with E-state index in [9.17, 15) is 9.59 Å². The van der Waals surface area contributed by atoms with Crippen molar-refractivity contribution in [2.24, 2.45) is 11.7 Å². The van der Waals surface area contributed by atoms with Gasteiger partial charge in [0.15, 0.2) is 6.61 Å². The summed E-state index contributed by atoms with van der Waals surface area (Å²) in [5, 5.41) is 6.11. The van der Waals surface area contributed by atoms with Crippen LogP contribution in [0.4, 0.5) is 5.69 Å². The van der Waals surface area contributed by atoms with E-state index in [0.29, 0.717) is 11.4 Å². The summed E-state index contributed by atoms with van der Waals surface area (Å²) in [5.41, 5.74) is 5.67. The molecule has 2 rings (SSSR count). The molecule has 0 saturated carbocycles. The highest BCUT2D eigenvalue weighted by molar-refractivity contribution is 5.93. The van der Waals surface area contributed by atoms with Crippen LogP contribution in [0.15, 0.2) is 24.3 Å². The fourth-order valence-corrected chi connectivity index (χ4v) is 2.27. The third kappa shape index (κ3) is 3.71. The number of hydrogen-bond donors (Lipinski definition) is 3. The molecule has 2 unspecified atom stereocenters. The first-order valence-electron chi connectivity index (χ1n) is 6.61. The molecule has 4 N–H and O–H groups in total. The Bertz CT molecular complexity index is 504. The van der Waals surface area contributed by atoms with Crippen LogP contribution in [0.5, 0.6) is 5.75 Å². The third-order valence-electron chi connectivity index (χ3n) is 3.34. The van der Waals surface area contributed by atoms with Gasteiger partial charge in [0.25, 0.3) is 5.91 Å². The van der Waals surface area contributed by atoms with Gasteiger partial charge in [-0.05, 0) is 32.0 Å². The van der Waals surface area contributed by atoms with E-state index in [1.165, 1.54) is 0 Å². The maximum Gasteiger partial charge on any atom is 0.255 e. The fourth-order valence-electron chi connectivity index (χ4n) is 2.27. The lowest BCUT2D eigenvalue weighted by Crippen LogP contribution is -2.32. The molecule has 6 nitrogen and oxygen atoms in total. The Morgan fingerprint density at radius 3 is 2.95 bits per heavy atom. The molecule has 1 aromatic carbocycles. The van der Waals surface area contributed by atoms with E-state index in [1.54, 1.807) is 24.3 Å². The number of nitrogens with two attached hydrogens (primary N) is 1. The smallest absolute Gasteiger partial charge is 0.255 e. The van der Waals surface area contributed by atoms with Crippen molar-refractivity contribution in [2.75, 3.05) is 18.5 Å². The molecule has 0 aromatic heterocycles. The van der Waals surface area contributed by atoms with Crippen LogP contribution in [0.1, 0.15) is 13.3 Å². The average molecular weight is 277 g/mol. The van der Waals surface area contributed by atoms with Gasteiger partial charge in [-0.15, -0.1) is 0 Å². The number of anilines is 1. The van der Waals surface area contributed by atoms with Gasteiger partial charge in [0, 0.05) is 17.8 Å². The minimum atomic E-state index is -0.537. The van der Waals surface area contributed by atoms with Gasteiger partial charge in [0.1, 0.15) is 5.75 Å². The average Bonchev–Trinajstić information content (AvgIpc) is 2.83. The van der Waals surface area contributed by atoms with Gasteiger partial charge < -0.3 is 21.1 Å². The lowest BCUT2D eigenvalue weighted by molar-refractivity contribution is -0.120. The zero-order valence-corrected chi connectivity index (χ0v) is 11.4. The third-order valence-corrected chi connectivity index (χ3v) is 3.34. The van der Waals surface area contributed by atoms with Crippen molar-refractivity contribution in [1.29, 1.82) is 0 Å². The van der Waals surface area contributed by atoms with Crippen molar-refractivity contribution in [3.8, 4) is 5.75 Å². The van der Waals surface area contributed by atoms with Gasteiger partial charge in [-0.2, -0.15) is 0 Å². The number of rotatable bonds is 5. The maximum absolute atomic E-state index is 12.1. The van der Waals surface area contributed by atoms with E-state index < -0.39 is 5.91 Å². The lowest BCUT2D eigenvalue weighted by atomic mass is 10.0. The molecule has 0 spiro atoms. The zero-order chi connectivity index (χ0) is 14.5. The lowest BCUT2D eigenvalue weighted by Gasteiger charge is -2.15. The Hall–Kier alpha value is -2.08. The summed E-state index contributed by atoms with van der Waals surface area (Å²) in [6, 6.07) is 7.10. The number of primary amides is 1. The van der Waals surface area contributed by atoms with Crippen LogP contribution in [0.3, 0.4) is 0 Å². The molecule has 20 heavy (non-hydrogen) atoms. The molecule has 2 atom stereocenters. The van der Waals surface area contributed by atoms with Crippen LogP contribution in [0, 0.1) is 5.92 Å². The van der Waals surface area contributed by atoms with E-state index in [4.69, 9.17) is 10.5 Å². The van der Waals surface area contributed by atoms with Crippen LogP contribution in [-0.4, -0.2) is 31.0 Å². The number of ether oxygens (including phenoxy) is 1. The summed E-state index contributed by atoms with van der Waals surface area (Å²) in [6.07, 6.45) is 0.838. The number of amides is 2. The summed E-state index contributed by atoms with van der Waals surface area (Å²) >= 11 is 0. The molecule has 1 aliphatic rings. The standard InChI is InChI=1S/C14H19N3O3/c1-9-12(5-6-16-9)14(19)17-10-3-2-4-11(7-10)20-8-13(15)18/h2-4,7,9,12,16H,5-6,8H2,1H3,(H2,15,18)(H,17,19). The van der Waals surface area contributed by atoms with Crippen LogP contribution >= 0.6 is 0 Å². The summed E-state index contributed by atoms with van der Waals surface area (Å²) in [6.45, 7) is 2.69. The molecule has 0 radical (unpaired) electrons.